The fourth-order valence-corrected chi connectivity index (χ4v) is 6.52. The lowest BCUT2D eigenvalue weighted by Crippen LogP contribution is -2.48. The molecule has 6 rings (SSSR count). The third-order valence-corrected chi connectivity index (χ3v) is 8.29. The molecule has 0 radical (unpaired) electrons. The summed E-state index contributed by atoms with van der Waals surface area (Å²) in [5, 5.41) is 0. The number of amides is 1. The number of hydrogen-bond acceptors (Lipinski definition) is 5. The molecule has 1 aromatic heterocycles. The number of Topliss-reactive ketones (excluding diaryl/α,β-unsaturated/α-hetero) is 1. The summed E-state index contributed by atoms with van der Waals surface area (Å²) in [7, 11) is 1.27. The molecule has 202 valence electrons. The molecular weight excluding hydrogens is 509 g/mol. The van der Waals surface area contributed by atoms with E-state index in [1.165, 1.54) is 7.11 Å². The van der Waals surface area contributed by atoms with Crippen molar-refractivity contribution in [2.75, 3.05) is 13.7 Å². The van der Waals surface area contributed by atoms with Crippen LogP contribution in [0.5, 0.6) is 5.88 Å². The predicted molar refractivity (Wildman–Crippen MR) is 137 cm³/mol. The standard InChI is InChI=1S/C30H27F3N2O4/c1-38-28-25(14-18(15-34-28)30(31,32)33)27(36)17-12-19-10-11-20(13-17)35(19)29(37)39-16-26-23-8-4-2-6-21(23)22-7-3-5-9-24(22)26/h2-9,14-15,17,19-20,26H,10-13,16H2,1H3. The van der Waals surface area contributed by atoms with E-state index >= 15 is 0 Å². The summed E-state index contributed by atoms with van der Waals surface area (Å²) in [5.41, 5.74) is 3.38. The molecule has 6 nitrogen and oxygen atoms in total. The largest absolute Gasteiger partial charge is 0.480 e. The lowest BCUT2D eigenvalue weighted by molar-refractivity contribution is -0.137. The van der Waals surface area contributed by atoms with Gasteiger partial charge in [0, 0.05) is 30.1 Å². The maximum Gasteiger partial charge on any atom is 0.417 e. The zero-order valence-corrected chi connectivity index (χ0v) is 21.3. The fraction of sp³-hybridized carbons (Fsp3) is 0.367. The molecule has 2 unspecified atom stereocenters. The number of benzene rings is 2. The summed E-state index contributed by atoms with van der Waals surface area (Å²) in [6.45, 7) is 0.207. The second-order valence-corrected chi connectivity index (χ2v) is 10.4. The molecule has 0 N–H and O–H groups in total. The van der Waals surface area contributed by atoms with Crippen LogP contribution in [0.2, 0.25) is 0 Å². The molecule has 2 fully saturated rings. The first kappa shape index (κ1) is 25.4. The number of fused-ring (bicyclic) bond motifs is 5. The summed E-state index contributed by atoms with van der Waals surface area (Å²) in [4.78, 5) is 32.1. The summed E-state index contributed by atoms with van der Waals surface area (Å²) >= 11 is 0. The molecule has 1 aliphatic carbocycles. The highest BCUT2D eigenvalue weighted by atomic mass is 19.4. The van der Waals surface area contributed by atoms with Crippen molar-refractivity contribution in [3.05, 3.63) is 83.0 Å². The molecule has 2 aliphatic heterocycles. The van der Waals surface area contributed by atoms with Crippen LogP contribution in [0.3, 0.4) is 0 Å². The average molecular weight is 537 g/mol. The number of nitrogens with zero attached hydrogens (tertiary/aromatic N) is 2. The van der Waals surface area contributed by atoms with Crippen LogP contribution < -0.4 is 4.74 Å². The Morgan fingerprint density at radius 1 is 0.974 bits per heavy atom. The second-order valence-electron chi connectivity index (χ2n) is 10.4. The van der Waals surface area contributed by atoms with Gasteiger partial charge in [-0.25, -0.2) is 9.78 Å². The molecule has 2 aromatic carbocycles. The van der Waals surface area contributed by atoms with Crippen LogP contribution >= 0.6 is 0 Å². The van der Waals surface area contributed by atoms with Crippen molar-refractivity contribution >= 4 is 11.9 Å². The number of carbonyl (C=O) groups is 2. The van der Waals surface area contributed by atoms with Crippen molar-refractivity contribution < 1.29 is 32.2 Å². The van der Waals surface area contributed by atoms with Crippen LogP contribution in [0.1, 0.15) is 58.6 Å². The third-order valence-electron chi connectivity index (χ3n) is 8.29. The highest BCUT2D eigenvalue weighted by Gasteiger charge is 2.47. The minimum absolute atomic E-state index is 0.0565. The Hall–Kier alpha value is -3.88. The zero-order valence-electron chi connectivity index (χ0n) is 21.3. The normalized spacial score (nSPS) is 21.8. The summed E-state index contributed by atoms with van der Waals surface area (Å²) in [6, 6.07) is 16.6. The number of rotatable bonds is 5. The van der Waals surface area contributed by atoms with Crippen LogP contribution in [0.15, 0.2) is 60.8 Å². The molecule has 2 bridgehead atoms. The maximum absolute atomic E-state index is 13.4. The van der Waals surface area contributed by atoms with Gasteiger partial charge in [0.1, 0.15) is 6.61 Å². The van der Waals surface area contributed by atoms with Crippen LogP contribution in [-0.4, -0.2) is 47.6 Å². The van der Waals surface area contributed by atoms with Gasteiger partial charge in [-0.05, 0) is 54.0 Å². The van der Waals surface area contributed by atoms with Crippen molar-refractivity contribution in [1.82, 2.24) is 9.88 Å². The van der Waals surface area contributed by atoms with Crippen LogP contribution in [0, 0.1) is 5.92 Å². The van der Waals surface area contributed by atoms with Gasteiger partial charge in [-0.1, -0.05) is 48.5 Å². The third kappa shape index (κ3) is 4.43. The predicted octanol–water partition coefficient (Wildman–Crippen LogP) is 6.48. The quantitative estimate of drug-likeness (QED) is 0.349. The summed E-state index contributed by atoms with van der Waals surface area (Å²) in [6.07, 6.45) is -2.21. The van der Waals surface area contributed by atoms with Crippen molar-refractivity contribution in [3.8, 4) is 17.0 Å². The Labute approximate surface area is 223 Å². The van der Waals surface area contributed by atoms with Crippen molar-refractivity contribution in [3.63, 3.8) is 0 Å². The Bertz CT molecular complexity index is 1380. The van der Waals surface area contributed by atoms with Crippen LogP contribution in [0.25, 0.3) is 11.1 Å². The number of hydrogen-bond donors (Lipinski definition) is 0. The maximum atomic E-state index is 13.4. The molecule has 0 spiro atoms. The number of ether oxygens (including phenoxy) is 2. The van der Waals surface area contributed by atoms with E-state index in [-0.39, 0.29) is 36.1 Å². The minimum Gasteiger partial charge on any atom is -0.480 e. The molecule has 39 heavy (non-hydrogen) atoms. The van der Waals surface area contributed by atoms with Gasteiger partial charge in [-0.15, -0.1) is 0 Å². The van der Waals surface area contributed by atoms with Gasteiger partial charge in [0.05, 0.1) is 18.2 Å². The SMILES string of the molecule is COc1ncc(C(F)(F)F)cc1C(=O)C1CC2CCC(C1)N2C(=O)OCC1c2ccccc2-c2ccccc21. The molecule has 9 heteroatoms. The van der Waals surface area contributed by atoms with Crippen molar-refractivity contribution in [2.45, 2.75) is 49.9 Å². The van der Waals surface area contributed by atoms with Gasteiger partial charge in [0.15, 0.2) is 5.78 Å². The molecule has 3 heterocycles. The van der Waals surface area contributed by atoms with Gasteiger partial charge in [-0.2, -0.15) is 13.2 Å². The molecule has 3 aliphatic rings. The van der Waals surface area contributed by atoms with Gasteiger partial charge in [0.25, 0.3) is 0 Å². The number of carbonyl (C=O) groups excluding carboxylic acids is 2. The first-order chi connectivity index (χ1) is 18.8. The summed E-state index contributed by atoms with van der Waals surface area (Å²) < 4.78 is 50.8. The highest BCUT2D eigenvalue weighted by Crippen LogP contribution is 2.45. The van der Waals surface area contributed by atoms with E-state index < -0.39 is 29.5 Å². The van der Waals surface area contributed by atoms with E-state index in [4.69, 9.17) is 9.47 Å². The monoisotopic (exact) mass is 536 g/mol. The average Bonchev–Trinajstić information content (AvgIpc) is 3.40. The number of pyridine rings is 1. The van der Waals surface area contributed by atoms with Crippen molar-refractivity contribution in [1.29, 1.82) is 0 Å². The van der Waals surface area contributed by atoms with Crippen LogP contribution in [0.4, 0.5) is 18.0 Å². The van der Waals surface area contributed by atoms with Crippen molar-refractivity contribution in [2.24, 2.45) is 5.92 Å². The van der Waals surface area contributed by atoms with Gasteiger partial charge in [-0.3, -0.25) is 4.79 Å². The Morgan fingerprint density at radius 3 is 2.13 bits per heavy atom. The van der Waals surface area contributed by atoms with E-state index in [0.29, 0.717) is 19.0 Å². The fourth-order valence-electron chi connectivity index (χ4n) is 6.52. The van der Waals surface area contributed by atoms with Gasteiger partial charge in [0.2, 0.25) is 5.88 Å². The van der Waals surface area contributed by atoms with E-state index in [1.54, 1.807) is 4.90 Å². The van der Waals surface area contributed by atoms with Crippen LogP contribution in [-0.2, 0) is 10.9 Å². The molecule has 3 aromatic rings. The Morgan fingerprint density at radius 2 is 1.56 bits per heavy atom. The van der Waals surface area contributed by atoms with E-state index in [2.05, 4.69) is 29.2 Å². The molecule has 2 saturated heterocycles. The summed E-state index contributed by atoms with van der Waals surface area (Å²) in [5.74, 6) is -1.15. The first-order valence-electron chi connectivity index (χ1n) is 13.0. The second kappa shape index (κ2) is 9.70. The number of alkyl halides is 3. The lowest BCUT2D eigenvalue weighted by atomic mass is 9.85. The zero-order chi connectivity index (χ0) is 27.3. The molecular formula is C30H27F3N2O4. The highest BCUT2D eigenvalue weighted by molar-refractivity contribution is 6.00. The molecule has 1 amide bonds. The molecule has 2 atom stereocenters. The number of methoxy groups -OCH3 is 1. The lowest BCUT2D eigenvalue weighted by Gasteiger charge is -2.37. The number of piperidine rings is 1. The first-order valence-corrected chi connectivity index (χ1v) is 13.0. The minimum atomic E-state index is -4.62. The van der Waals surface area contributed by atoms with Gasteiger partial charge < -0.3 is 14.4 Å². The smallest absolute Gasteiger partial charge is 0.417 e. The Balaban J connectivity index is 1.16. The van der Waals surface area contributed by atoms with E-state index in [1.807, 2.05) is 24.3 Å². The topological polar surface area (TPSA) is 68.7 Å². The molecule has 0 saturated carbocycles. The van der Waals surface area contributed by atoms with E-state index in [9.17, 15) is 22.8 Å². The number of aromatic nitrogens is 1. The van der Waals surface area contributed by atoms with Gasteiger partial charge >= 0.3 is 12.3 Å². The number of ketones is 1. The number of halogens is 3. The Kier molecular flexibility index (Phi) is 6.32. The van der Waals surface area contributed by atoms with E-state index in [0.717, 1.165) is 41.2 Å².